The van der Waals surface area contributed by atoms with Crippen molar-refractivity contribution in [2.75, 3.05) is 0 Å². The molecule has 2 aliphatic rings. The molecule has 0 spiro atoms. The summed E-state index contributed by atoms with van der Waals surface area (Å²) in [6.07, 6.45) is 4.98. The zero-order chi connectivity index (χ0) is 10.4. The van der Waals surface area contributed by atoms with Crippen molar-refractivity contribution < 1.29 is 9.53 Å². The molecule has 0 amide bonds. The summed E-state index contributed by atoms with van der Waals surface area (Å²) in [4.78, 5) is 12.1. The number of carbonyl (C=O) groups is 1. The lowest BCUT2D eigenvalue weighted by Crippen LogP contribution is -2.26. The Bertz CT molecular complexity index is 401. The molecular formula is C10H13N3O2. The van der Waals surface area contributed by atoms with Crippen molar-refractivity contribution in [1.82, 2.24) is 15.0 Å². The fourth-order valence-electron chi connectivity index (χ4n) is 2.62. The number of ketones is 1. The molecule has 15 heavy (non-hydrogen) atoms. The van der Waals surface area contributed by atoms with Crippen LogP contribution in [0.5, 0.6) is 0 Å². The molecule has 3 rings (SSSR count). The smallest absolute Gasteiger partial charge is 0.188 e. The van der Waals surface area contributed by atoms with E-state index in [0.717, 1.165) is 19.3 Å². The van der Waals surface area contributed by atoms with E-state index in [4.69, 9.17) is 4.74 Å². The van der Waals surface area contributed by atoms with Crippen molar-refractivity contribution in [1.29, 1.82) is 0 Å². The summed E-state index contributed by atoms with van der Waals surface area (Å²) in [5.41, 5.74) is 0.594. The number of fused-ring (bicyclic) bond motifs is 2. The van der Waals surface area contributed by atoms with Gasteiger partial charge < -0.3 is 4.74 Å². The van der Waals surface area contributed by atoms with Crippen LogP contribution in [0.15, 0.2) is 6.20 Å². The predicted molar refractivity (Wildman–Crippen MR) is 51.3 cm³/mol. The molecule has 0 N–H and O–H groups in total. The second-order valence-corrected chi connectivity index (χ2v) is 4.32. The molecule has 0 saturated carbocycles. The minimum atomic E-state index is 0.0287. The van der Waals surface area contributed by atoms with E-state index in [1.54, 1.807) is 7.05 Å². The summed E-state index contributed by atoms with van der Waals surface area (Å²) in [7, 11) is 1.74. The summed E-state index contributed by atoms with van der Waals surface area (Å²) in [6, 6.07) is 0. The van der Waals surface area contributed by atoms with Crippen LogP contribution in [0.3, 0.4) is 0 Å². The Morgan fingerprint density at radius 3 is 3.00 bits per heavy atom. The van der Waals surface area contributed by atoms with Gasteiger partial charge in [0.15, 0.2) is 5.78 Å². The van der Waals surface area contributed by atoms with Crippen LogP contribution < -0.4 is 0 Å². The summed E-state index contributed by atoms with van der Waals surface area (Å²) >= 11 is 0. The van der Waals surface area contributed by atoms with Crippen LogP contribution in [-0.2, 0) is 11.8 Å². The van der Waals surface area contributed by atoms with E-state index >= 15 is 0 Å². The molecule has 3 heterocycles. The highest BCUT2D eigenvalue weighted by Gasteiger charge is 2.45. The third-order valence-electron chi connectivity index (χ3n) is 3.41. The van der Waals surface area contributed by atoms with E-state index in [1.807, 2.05) is 0 Å². The standard InChI is InChI=1S/C10H13N3O2/c1-13-8(5-11-12-13)10(14)7-4-6-2-3-9(7)15-6/h5-7,9H,2-4H2,1H3. The SMILES string of the molecule is Cn1nncc1C(=O)C1CC2CCC1O2. The number of carbonyl (C=O) groups excluding carboxylic acids is 1. The zero-order valence-electron chi connectivity index (χ0n) is 8.59. The molecule has 3 unspecified atom stereocenters. The number of hydrogen-bond acceptors (Lipinski definition) is 4. The monoisotopic (exact) mass is 207 g/mol. The first-order chi connectivity index (χ1) is 7.25. The van der Waals surface area contributed by atoms with Crippen LogP contribution in [0, 0.1) is 5.92 Å². The number of Topliss-reactive ketones (excluding diaryl/α,β-unsaturated/α-hetero) is 1. The van der Waals surface area contributed by atoms with Crippen molar-refractivity contribution in [3.63, 3.8) is 0 Å². The normalized spacial score (nSPS) is 33.5. The minimum absolute atomic E-state index is 0.0287. The second-order valence-electron chi connectivity index (χ2n) is 4.32. The van der Waals surface area contributed by atoms with Crippen LogP contribution in [0.4, 0.5) is 0 Å². The number of hydrogen-bond donors (Lipinski definition) is 0. The van der Waals surface area contributed by atoms with Crippen LogP contribution in [0.25, 0.3) is 0 Å². The molecule has 2 saturated heterocycles. The van der Waals surface area contributed by atoms with Gasteiger partial charge >= 0.3 is 0 Å². The zero-order valence-corrected chi connectivity index (χ0v) is 8.59. The molecule has 5 heteroatoms. The first-order valence-corrected chi connectivity index (χ1v) is 5.30. The molecule has 5 nitrogen and oxygen atoms in total. The van der Waals surface area contributed by atoms with Crippen molar-refractivity contribution in [3.05, 3.63) is 11.9 Å². The lowest BCUT2D eigenvalue weighted by molar-refractivity contribution is 0.0736. The number of aromatic nitrogens is 3. The Kier molecular flexibility index (Phi) is 1.88. The van der Waals surface area contributed by atoms with E-state index in [-0.39, 0.29) is 17.8 Å². The van der Waals surface area contributed by atoms with Gasteiger partial charge in [-0.1, -0.05) is 5.21 Å². The molecule has 2 fully saturated rings. The van der Waals surface area contributed by atoms with Gasteiger partial charge in [-0.05, 0) is 19.3 Å². The van der Waals surface area contributed by atoms with Gasteiger partial charge in [0.25, 0.3) is 0 Å². The third kappa shape index (κ3) is 1.30. The highest BCUT2D eigenvalue weighted by atomic mass is 16.5. The fourth-order valence-corrected chi connectivity index (χ4v) is 2.62. The largest absolute Gasteiger partial charge is 0.374 e. The Morgan fingerprint density at radius 1 is 1.60 bits per heavy atom. The third-order valence-corrected chi connectivity index (χ3v) is 3.41. The maximum Gasteiger partial charge on any atom is 0.188 e. The molecule has 2 aliphatic heterocycles. The first kappa shape index (κ1) is 9.03. The van der Waals surface area contributed by atoms with Crippen LogP contribution in [0.2, 0.25) is 0 Å². The van der Waals surface area contributed by atoms with Gasteiger partial charge in [0, 0.05) is 7.05 Å². The van der Waals surface area contributed by atoms with Gasteiger partial charge in [-0.15, -0.1) is 5.10 Å². The average Bonchev–Trinajstić information content (AvgIpc) is 2.91. The number of nitrogens with zero attached hydrogens (tertiary/aromatic N) is 3. The number of ether oxygens (including phenoxy) is 1. The number of rotatable bonds is 2. The summed E-state index contributed by atoms with van der Waals surface area (Å²) in [6.45, 7) is 0. The van der Waals surface area contributed by atoms with E-state index < -0.39 is 0 Å². The van der Waals surface area contributed by atoms with Crippen LogP contribution in [0.1, 0.15) is 29.8 Å². The van der Waals surface area contributed by atoms with Crippen LogP contribution >= 0.6 is 0 Å². The van der Waals surface area contributed by atoms with Gasteiger partial charge in [0.1, 0.15) is 5.69 Å². The predicted octanol–water partition coefficient (Wildman–Crippen LogP) is 0.565. The molecule has 1 aromatic rings. The van der Waals surface area contributed by atoms with E-state index in [1.165, 1.54) is 10.9 Å². The summed E-state index contributed by atoms with van der Waals surface area (Å²) < 4.78 is 7.21. The molecule has 80 valence electrons. The second kappa shape index (κ2) is 3.13. The van der Waals surface area contributed by atoms with Crippen molar-refractivity contribution >= 4 is 5.78 Å². The quantitative estimate of drug-likeness (QED) is 0.665. The Labute approximate surface area is 87.4 Å². The van der Waals surface area contributed by atoms with Gasteiger partial charge in [-0.3, -0.25) is 4.79 Å². The van der Waals surface area contributed by atoms with Crippen molar-refractivity contribution in [2.24, 2.45) is 13.0 Å². The molecule has 0 aromatic carbocycles. The molecule has 2 bridgehead atoms. The average molecular weight is 207 g/mol. The minimum Gasteiger partial charge on any atom is -0.374 e. The maximum atomic E-state index is 12.1. The van der Waals surface area contributed by atoms with Gasteiger partial charge in [0.2, 0.25) is 0 Å². The van der Waals surface area contributed by atoms with E-state index in [0.29, 0.717) is 11.8 Å². The molecular weight excluding hydrogens is 194 g/mol. The molecule has 0 aliphatic carbocycles. The van der Waals surface area contributed by atoms with Crippen LogP contribution in [-0.4, -0.2) is 33.0 Å². The molecule has 1 aromatic heterocycles. The van der Waals surface area contributed by atoms with E-state index in [9.17, 15) is 4.79 Å². The lowest BCUT2D eigenvalue weighted by atomic mass is 9.85. The Balaban J connectivity index is 1.84. The molecule has 0 radical (unpaired) electrons. The topological polar surface area (TPSA) is 57.0 Å². The van der Waals surface area contributed by atoms with Crippen molar-refractivity contribution in [3.8, 4) is 0 Å². The lowest BCUT2D eigenvalue weighted by Gasteiger charge is -2.16. The Morgan fingerprint density at radius 2 is 2.47 bits per heavy atom. The first-order valence-electron chi connectivity index (χ1n) is 5.30. The molecule has 3 atom stereocenters. The summed E-state index contributed by atoms with van der Waals surface area (Å²) in [5.74, 6) is 0.163. The van der Waals surface area contributed by atoms with Gasteiger partial charge in [-0.25, -0.2) is 4.68 Å². The number of aryl methyl sites for hydroxylation is 1. The van der Waals surface area contributed by atoms with E-state index in [2.05, 4.69) is 10.3 Å². The summed E-state index contributed by atoms with van der Waals surface area (Å²) in [5, 5.41) is 7.50. The fraction of sp³-hybridized carbons (Fsp3) is 0.700. The Hall–Kier alpha value is -1.23. The van der Waals surface area contributed by atoms with Crippen molar-refractivity contribution in [2.45, 2.75) is 31.5 Å². The van der Waals surface area contributed by atoms with Gasteiger partial charge in [-0.2, -0.15) is 0 Å². The highest BCUT2D eigenvalue weighted by Crippen LogP contribution is 2.40. The highest BCUT2D eigenvalue weighted by molar-refractivity contribution is 5.96. The van der Waals surface area contributed by atoms with Gasteiger partial charge in [0.05, 0.1) is 24.3 Å². The maximum absolute atomic E-state index is 12.1.